The van der Waals surface area contributed by atoms with Gasteiger partial charge in [0.2, 0.25) is 5.91 Å². The maximum atomic E-state index is 12.2. The summed E-state index contributed by atoms with van der Waals surface area (Å²) in [6.45, 7) is 5.48. The molecule has 0 bridgehead atoms. The van der Waals surface area contributed by atoms with Gasteiger partial charge >= 0.3 is 5.97 Å². The van der Waals surface area contributed by atoms with Crippen LogP contribution in [0.4, 0.5) is 0 Å². The lowest BCUT2D eigenvalue weighted by Gasteiger charge is -2.25. The van der Waals surface area contributed by atoms with Gasteiger partial charge in [-0.05, 0) is 24.1 Å². The molecule has 0 spiro atoms. The summed E-state index contributed by atoms with van der Waals surface area (Å²) in [7, 11) is 1.25. The van der Waals surface area contributed by atoms with Crippen LogP contribution in [0, 0.1) is 5.41 Å². The number of benzene rings is 1. The van der Waals surface area contributed by atoms with Crippen molar-refractivity contribution >= 4 is 11.9 Å². The fourth-order valence-corrected chi connectivity index (χ4v) is 1.78. The van der Waals surface area contributed by atoms with Crippen LogP contribution in [-0.4, -0.2) is 35.2 Å². The Morgan fingerprint density at radius 1 is 1.27 bits per heavy atom. The molecule has 3 N–H and O–H groups in total. The lowest BCUT2D eigenvalue weighted by Crippen LogP contribution is -2.48. The zero-order valence-corrected chi connectivity index (χ0v) is 13.3. The largest absolute Gasteiger partial charge is 0.504 e. The molecule has 0 aliphatic rings. The Hall–Kier alpha value is -2.24. The Morgan fingerprint density at radius 3 is 2.41 bits per heavy atom. The Morgan fingerprint density at radius 2 is 1.91 bits per heavy atom. The van der Waals surface area contributed by atoms with Crippen molar-refractivity contribution in [3.8, 4) is 11.5 Å². The van der Waals surface area contributed by atoms with Crippen molar-refractivity contribution in [3.05, 3.63) is 23.8 Å². The number of carbonyl (C=O) groups is 2. The number of methoxy groups -OCH3 is 1. The number of rotatable bonds is 6. The van der Waals surface area contributed by atoms with Crippen molar-refractivity contribution in [2.75, 3.05) is 7.11 Å². The summed E-state index contributed by atoms with van der Waals surface area (Å²) in [6, 6.07) is 3.40. The minimum absolute atomic E-state index is 0.159. The smallest absolute Gasteiger partial charge is 0.328 e. The number of esters is 1. The third-order valence-corrected chi connectivity index (χ3v) is 3.77. The van der Waals surface area contributed by atoms with Crippen LogP contribution in [-0.2, 0) is 20.7 Å². The highest BCUT2D eigenvalue weighted by Gasteiger charge is 2.30. The van der Waals surface area contributed by atoms with E-state index >= 15 is 0 Å². The molecule has 0 aliphatic heterocycles. The number of hydrogen-bond acceptors (Lipinski definition) is 5. The summed E-state index contributed by atoms with van der Waals surface area (Å²) in [5, 5.41) is 21.5. The third kappa shape index (κ3) is 4.38. The maximum absolute atomic E-state index is 12.2. The lowest BCUT2D eigenvalue weighted by atomic mass is 9.88. The average Bonchev–Trinajstić information content (AvgIpc) is 2.49. The molecule has 1 aromatic rings. The monoisotopic (exact) mass is 309 g/mol. The summed E-state index contributed by atoms with van der Waals surface area (Å²) in [5.74, 6) is -1.32. The normalized spacial score (nSPS) is 12.5. The second-order valence-corrected chi connectivity index (χ2v) is 5.81. The topological polar surface area (TPSA) is 95.9 Å². The molecule has 0 aromatic heterocycles. The predicted octanol–water partition coefficient (Wildman–Crippen LogP) is 1.73. The van der Waals surface area contributed by atoms with Crippen LogP contribution in [0.5, 0.6) is 11.5 Å². The summed E-state index contributed by atoms with van der Waals surface area (Å²) in [5.41, 5.74) is 0.00362. The van der Waals surface area contributed by atoms with E-state index in [0.29, 0.717) is 12.0 Å². The first kappa shape index (κ1) is 17.8. The van der Waals surface area contributed by atoms with Gasteiger partial charge in [0.1, 0.15) is 6.04 Å². The van der Waals surface area contributed by atoms with Crippen LogP contribution in [0.1, 0.15) is 32.8 Å². The van der Waals surface area contributed by atoms with Gasteiger partial charge in [-0.2, -0.15) is 0 Å². The molecule has 1 atom stereocenters. The number of nitrogens with one attached hydrogen (secondary N) is 1. The van der Waals surface area contributed by atoms with Crippen LogP contribution in [0.2, 0.25) is 0 Å². The molecule has 0 heterocycles. The Labute approximate surface area is 130 Å². The highest BCUT2D eigenvalue weighted by molar-refractivity contribution is 5.87. The van der Waals surface area contributed by atoms with Crippen molar-refractivity contribution in [1.82, 2.24) is 5.32 Å². The van der Waals surface area contributed by atoms with Crippen LogP contribution < -0.4 is 5.32 Å². The molecular formula is C16H23NO5. The second-order valence-electron chi connectivity index (χ2n) is 5.81. The van der Waals surface area contributed by atoms with Crippen LogP contribution in [0.3, 0.4) is 0 Å². The molecule has 6 heteroatoms. The van der Waals surface area contributed by atoms with E-state index in [4.69, 9.17) is 4.74 Å². The molecule has 22 heavy (non-hydrogen) atoms. The summed E-state index contributed by atoms with van der Waals surface area (Å²) < 4.78 is 4.72. The Balaban J connectivity index is 2.92. The summed E-state index contributed by atoms with van der Waals surface area (Å²) in [4.78, 5) is 24.1. The molecule has 1 rings (SSSR count). The number of phenolic OH excluding ortho intramolecular Hbond substituents is 2. The minimum atomic E-state index is -0.854. The number of aromatic hydroxyl groups is 2. The van der Waals surface area contributed by atoms with E-state index in [-0.39, 0.29) is 23.8 Å². The minimum Gasteiger partial charge on any atom is -0.504 e. The van der Waals surface area contributed by atoms with E-state index in [1.165, 1.54) is 19.2 Å². The SMILES string of the molecule is CCC(C)(C)C(=O)NC(Cc1ccc(O)c(O)c1)C(=O)OC. The number of hydrogen-bond donors (Lipinski definition) is 3. The van der Waals surface area contributed by atoms with E-state index in [9.17, 15) is 19.8 Å². The van der Waals surface area contributed by atoms with Crippen LogP contribution in [0.25, 0.3) is 0 Å². The molecule has 1 amide bonds. The van der Waals surface area contributed by atoms with E-state index in [1.54, 1.807) is 19.9 Å². The van der Waals surface area contributed by atoms with Gasteiger partial charge in [0.25, 0.3) is 0 Å². The first-order valence-electron chi connectivity index (χ1n) is 7.11. The first-order chi connectivity index (χ1) is 10.2. The van der Waals surface area contributed by atoms with Crippen molar-refractivity contribution in [2.45, 2.75) is 39.7 Å². The second kappa shape index (κ2) is 7.15. The van der Waals surface area contributed by atoms with Gasteiger partial charge in [0, 0.05) is 11.8 Å². The van der Waals surface area contributed by atoms with E-state index in [1.807, 2.05) is 6.92 Å². The fourth-order valence-electron chi connectivity index (χ4n) is 1.78. The molecule has 0 fully saturated rings. The van der Waals surface area contributed by atoms with E-state index in [2.05, 4.69) is 5.32 Å². The van der Waals surface area contributed by atoms with Gasteiger partial charge in [-0.25, -0.2) is 4.79 Å². The van der Waals surface area contributed by atoms with Crippen LogP contribution >= 0.6 is 0 Å². The lowest BCUT2D eigenvalue weighted by molar-refractivity contribution is -0.146. The van der Waals surface area contributed by atoms with Gasteiger partial charge in [-0.15, -0.1) is 0 Å². The number of amides is 1. The predicted molar refractivity (Wildman–Crippen MR) is 81.5 cm³/mol. The molecule has 1 unspecified atom stereocenters. The molecule has 122 valence electrons. The zero-order valence-electron chi connectivity index (χ0n) is 13.3. The number of phenols is 2. The van der Waals surface area contributed by atoms with Gasteiger partial charge in [-0.3, -0.25) is 4.79 Å². The highest BCUT2D eigenvalue weighted by atomic mass is 16.5. The van der Waals surface area contributed by atoms with E-state index < -0.39 is 17.4 Å². The molecule has 0 aliphatic carbocycles. The molecule has 0 radical (unpaired) electrons. The van der Waals surface area contributed by atoms with Crippen molar-refractivity contribution in [3.63, 3.8) is 0 Å². The molecular weight excluding hydrogens is 286 g/mol. The highest BCUT2D eigenvalue weighted by Crippen LogP contribution is 2.26. The molecule has 6 nitrogen and oxygen atoms in total. The number of carbonyl (C=O) groups excluding carboxylic acids is 2. The summed E-state index contributed by atoms with van der Waals surface area (Å²) >= 11 is 0. The fraction of sp³-hybridized carbons (Fsp3) is 0.500. The first-order valence-corrected chi connectivity index (χ1v) is 7.11. The standard InChI is InChI=1S/C16H23NO5/c1-5-16(2,3)15(21)17-11(14(20)22-4)8-10-6-7-12(18)13(19)9-10/h6-7,9,11,18-19H,5,8H2,1-4H3,(H,17,21). The van der Waals surface area contributed by atoms with Gasteiger partial charge in [-0.1, -0.05) is 26.8 Å². The van der Waals surface area contributed by atoms with Gasteiger partial charge in [0.15, 0.2) is 11.5 Å². The third-order valence-electron chi connectivity index (χ3n) is 3.77. The molecule has 0 saturated carbocycles. The zero-order chi connectivity index (χ0) is 16.9. The van der Waals surface area contributed by atoms with Crippen molar-refractivity contribution in [1.29, 1.82) is 0 Å². The van der Waals surface area contributed by atoms with Crippen molar-refractivity contribution in [2.24, 2.45) is 5.41 Å². The van der Waals surface area contributed by atoms with Gasteiger partial charge in [0.05, 0.1) is 7.11 Å². The summed E-state index contributed by atoms with van der Waals surface area (Å²) in [6.07, 6.45) is 0.790. The quantitative estimate of drug-likeness (QED) is 0.549. The Bertz CT molecular complexity index is 553. The molecule has 1 aromatic carbocycles. The Kier molecular flexibility index (Phi) is 5.79. The molecule has 0 saturated heterocycles. The van der Waals surface area contributed by atoms with Crippen LogP contribution in [0.15, 0.2) is 18.2 Å². The van der Waals surface area contributed by atoms with Crippen molar-refractivity contribution < 1.29 is 24.5 Å². The maximum Gasteiger partial charge on any atom is 0.328 e. The van der Waals surface area contributed by atoms with E-state index in [0.717, 1.165) is 0 Å². The average molecular weight is 309 g/mol. The van der Waals surface area contributed by atoms with Gasteiger partial charge < -0.3 is 20.3 Å². The number of ether oxygens (including phenoxy) is 1.